The topological polar surface area (TPSA) is 50.3 Å². The van der Waals surface area contributed by atoms with Gasteiger partial charge >= 0.3 is 0 Å². The summed E-state index contributed by atoms with van der Waals surface area (Å²) in [6, 6.07) is 0.448. The second kappa shape index (κ2) is 9.12. The molecule has 1 aromatic rings. The van der Waals surface area contributed by atoms with E-state index in [0.717, 1.165) is 31.0 Å². The highest BCUT2D eigenvalue weighted by Crippen LogP contribution is 2.27. The van der Waals surface area contributed by atoms with Crippen LogP contribution in [0.15, 0.2) is 17.1 Å². The van der Waals surface area contributed by atoms with Gasteiger partial charge in [-0.3, -0.25) is 0 Å². The molecule has 0 radical (unpaired) electrons. The predicted molar refractivity (Wildman–Crippen MR) is 110 cm³/mol. The Bertz CT molecular complexity index is 553. The van der Waals surface area contributed by atoms with Crippen molar-refractivity contribution >= 4 is 39.0 Å². The molecule has 0 amide bonds. The highest BCUT2D eigenvalue weighted by molar-refractivity contribution is 9.10. The maximum absolute atomic E-state index is 5.70. The van der Waals surface area contributed by atoms with Crippen molar-refractivity contribution in [3.63, 3.8) is 0 Å². The van der Waals surface area contributed by atoms with Crippen molar-refractivity contribution in [2.24, 2.45) is 5.92 Å². The van der Waals surface area contributed by atoms with E-state index in [1.165, 1.54) is 19.3 Å². The maximum Gasteiger partial charge on any atom is 0.257 e. The van der Waals surface area contributed by atoms with E-state index in [-0.39, 0.29) is 5.60 Å². The lowest BCUT2D eigenvalue weighted by molar-refractivity contribution is 0.111. The van der Waals surface area contributed by atoms with Crippen LogP contribution >= 0.6 is 28.1 Å². The molecule has 25 heavy (non-hydrogen) atoms. The average molecular weight is 429 g/mol. The molecule has 1 heterocycles. The lowest BCUT2D eigenvalue weighted by Crippen LogP contribution is -2.41. The molecule has 0 atom stereocenters. The van der Waals surface area contributed by atoms with Crippen molar-refractivity contribution in [2.75, 3.05) is 18.5 Å². The van der Waals surface area contributed by atoms with E-state index >= 15 is 0 Å². The minimum Gasteiger partial charge on any atom is -0.465 e. The summed E-state index contributed by atoms with van der Waals surface area (Å²) in [5, 5.41) is 3.90. The highest BCUT2D eigenvalue weighted by atomic mass is 79.9. The zero-order chi connectivity index (χ0) is 18.4. The summed E-state index contributed by atoms with van der Waals surface area (Å²) in [6.45, 7) is 7.08. The third kappa shape index (κ3) is 7.44. The number of nitrogens with one attached hydrogen (secondary N) is 1. The second-order valence-electron chi connectivity index (χ2n) is 7.78. The molecule has 0 unspecified atom stereocenters. The molecule has 0 saturated heterocycles. The SMILES string of the molecule is CN(CCC1CCC(NC(=S)OC(C)(C)C)CC1)c1cnc(Br)nc1. The maximum atomic E-state index is 5.70. The summed E-state index contributed by atoms with van der Waals surface area (Å²) in [7, 11) is 2.10. The first kappa shape index (κ1) is 20.4. The number of ether oxygens (including phenoxy) is 1. The Balaban J connectivity index is 1.68. The van der Waals surface area contributed by atoms with Gasteiger partial charge in [0.1, 0.15) is 5.60 Å². The zero-order valence-corrected chi connectivity index (χ0v) is 18.0. The van der Waals surface area contributed by atoms with E-state index in [9.17, 15) is 0 Å². The van der Waals surface area contributed by atoms with Crippen LogP contribution in [0.2, 0.25) is 0 Å². The van der Waals surface area contributed by atoms with Gasteiger partial charge in [0.05, 0.1) is 18.1 Å². The van der Waals surface area contributed by atoms with Gasteiger partial charge in [0, 0.05) is 19.6 Å². The van der Waals surface area contributed by atoms with Crippen LogP contribution in [0, 0.1) is 5.92 Å². The van der Waals surface area contributed by atoms with E-state index in [1.54, 1.807) is 0 Å². The minimum atomic E-state index is -0.234. The van der Waals surface area contributed by atoms with Crippen molar-refractivity contribution < 1.29 is 4.74 Å². The number of thiocarbonyl (C=S) groups is 1. The van der Waals surface area contributed by atoms with Crippen LogP contribution in [0.25, 0.3) is 0 Å². The summed E-state index contributed by atoms with van der Waals surface area (Å²) in [5.41, 5.74) is 0.825. The fourth-order valence-electron chi connectivity index (χ4n) is 3.08. The number of hydrogen-bond donors (Lipinski definition) is 1. The number of aromatic nitrogens is 2. The van der Waals surface area contributed by atoms with E-state index in [0.29, 0.717) is 16.0 Å². The molecule has 1 saturated carbocycles. The molecule has 0 bridgehead atoms. The first-order valence-corrected chi connectivity index (χ1v) is 10.1. The quantitative estimate of drug-likeness (QED) is 0.556. The van der Waals surface area contributed by atoms with Gasteiger partial charge in [0.2, 0.25) is 0 Å². The fourth-order valence-corrected chi connectivity index (χ4v) is 3.70. The molecule has 1 aliphatic carbocycles. The number of rotatable bonds is 5. The van der Waals surface area contributed by atoms with Crippen LogP contribution in [-0.2, 0) is 4.74 Å². The predicted octanol–water partition coefficient (Wildman–Crippen LogP) is 4.31. The summed E-state index contributed by atoms with van der Waals surface area (Å²) >= 11 is 8.58. The van der Waals surface area contributed by atoms with Crippen LogP contribution < -0.4 is 10.2 Å². The zero-order valence-electron chi connectivity index (χ0n) is 15.6. The van der Waals surface area contributed by atoms with Gasteiger partial charge in [-0.1, -0.05) is 0 Å². The van der Waals surface area contributed by atoms with Crippen molar-refractivity contribution in [2.45, 2.75) is 64.5 Å². The van der Waals surface area contributed by atoms with Gasteiger partial charge in [-0.15, -0.1) is 0 Å². The standard InChI is InChI=1S/C18H29BrN4OS/c1-18(2,3)24-17(25)22-14-7-5-13(6-8-14)9-10-23(4)15-11-20-16(19)21-12-15/h11-14H,5-10H2,1-4H3,(H,22,25). The third-order valence-corrected chi connectivity index (χ3v) is 5.10. The van der Waals surface area contributed by atoms with Gasteiger partial charge in [0.25, 0.3) is 5.17 Å². The molecule has 2 rings (SSSR count). The van der Waals surface area contributed by atoms with Crippen LogP contribution in [0.4, 0.5) is 5.69 Å². The Kier molecular flexibility index (Phi) is 7.43. The molecule has 1 aliphatic rings. The van der Waals surface area contributed by atoms with Crippen LogP contribution in [0.1, 0.15) is 52.9 Å². The monoisotopic (exact) mass is 428 g/mol. The average Bonchev–Trinajstić information content (AvgIpc) is 2.53. The molecule has 0 spiro atoms. The molecule has 1 fully saturated rings. The number of nitrogens with zero attached hydrogens (tertiary/aromatic N) is 3. The largest absolute Gasteiger partial charge is 0.465 e. The van der Waals surface area contributed by atoms with Crippen molar-refractivity contribution in [1.82, 2.24) is 15.3 Å². The fraction of sp³-hybridized carbons (Fsp3) is 0.722. The van der Waals surface area contributed by atoms with Crippen LogP contribution in [-0.4, -0.2) is 40.4 Å². The lowest BCUT2D eigenvalue weighted by Gasteiger charge is -2.32. The van der Waals surface area contributed by atoms with Gasteiger partial charge in [-0.05, 0) is 86.9 Å². The Morgan fingerprint density at radius 3 is 2.44 bits per heavy atom. The minimum absolute atomic E-state index is 0.234. The number of halogens is 1. The molecule has 7 heteroatoms. The molecule has 0 aromatic carbocycles. The Morgan fingerprint density at radius 2 is 1.88 bits per heavy atom. The lowest BCUT2D eigenvalue weighted by atomic mass is 9.84. The summed E-state index contributed by atoms with van der Waals surface area (Å²) in [4.78, 5) is 10.6. The van der Waals surface area contributed by atoms with Gasteiger partial charge in [-0.25, -0.2) is 9.97 Å². The molecule has 140 valence electrons. The van der Waals surface area contributed by atoms with E-state index in [1.807, 2.05) is 33.2 Å². The van der Waals surface area contributed by atoms with Crippen molar-refractivity contribution in [3.8, 4) is 0 Å². The first-order chi connectivity index (χ1) is 11.7. The normalized spacial score (nSPS) is 20.8. The van der Waals surface area contributed by atoms with Gasteiger partial charge in [-0.2, -0.15) is 0 Å². The van der Waals surface area contributed by atoms with Gasteiger partial charge in [0.15, 0.2) is 4.73 Å². The highest BCUT2D eigenvalue weighted by Gasteiger charge is 2.23. The molecule has 1 aromatic heterocycles. The van der Waals surface area contributed by atoms with Crippen LogP contribution in [0.3, 0.4) is 0 Å². The first-order valence-electron chi connectivity index (χ1n) is 8.91. The molecule has 5 nitrogen and oxygen atoms in total. The number of anilines is 1. The Morgan fingerprint density at radius 1 is 1.28 bits per heavy atom. The van der Waals surface area contributed by atoms with Crippen LogP contribution in [0.5, 0.6) is 0 Å². The van der Waals surface area contributed by atoms with Crippen molar-refractivity contribution in [3.05, 3.63) is 17.1 Å². The Hall–Kier alpha value is -0.950. The molecule has 1 N–H and O–H groups in total. The van der Waals surface area contributed by atoms with Gasteiger partial charge < -0.3 is 15.0 Å². The third-order valence-electron chi connectivity index (χ3n) is 4.49. The molecular formula is C18H29BrN4OS. The summed E-state index contributed by atoms with van der Waals surface area (Å²) in [6.07, 6.45) is 9.69. The molecular weight excluding hydrogens is 400 g/mol. The summed E-state index contributed by atoms with van der Waals surface area (Å²) < 4.78 is 6.33. The molecule has 0 aliphatic heterocycles. The Labute approximate surface area is 165 Å². The van der Waals surface area contributed by atoms with E-state index in [4.69, 9.17) is 17.0 Å². The second-order valence-corrected chi connectivity index (χ2v) is 8.86. The van der Waals surface area contributed by atoms with E-state index in [2.05, 4.69) is 43.2 Å². The number of hydrogen-bond acceptors (Lipinski definition) is 5. The summed E-state index contributed by atoms with van der Waals surface area (Å²) in [5.74, 6) is 0.772. The smallest absolute Gasteiger partial charge is 0.257 e. The van der Waals surface area contributed by atoms with Crippen molar-refractivity contribution in [1.29, 1.82) is 0 Å². The van der Waals surface area contributed by atoms with E-state index < -0.39 is 0 Å².